The molecule has 6 nitrogen and oxygen atoms in total. The van der Waals surface area contributed by atoms with Gasteiger partial charge in [-0.2, -0.15) is 0 Å². The summed E-state index contributed by atoms with van der Waals surface area (Å²) in [7, 11) is 1.61. The highest BCUT2D eigenvalue weighted by molar-refractivity contribution is 6.39. The Balaban J connectivity index is 1.79. The van der Waals surface area contributed by atoms with Crippen molar-refractivity contribution in [1.82, 2.24) is 10.3 Å². The topological polar surface area (TPSA) is 80.3 Å². The van der Waals surface area contributed by atoms with Crippen molar-refractivity contribution in [2.24, 2.45) is 0 Å². The molecule has 0 saturated carbocycles. The van der Waals surface area contributed by atoms with Crippen molar-refractivity contribution in [3.8, 4) is 5.75 Å². The van der Waals surface area contributed by atoms with Crippen LogP contribution in [0.25, 0.3) is 0 Å². The molecule has 0 spiro atoms. The van der Waals surface area contributed by atoms with E-state index in [4.69, 9.17) is 4.74 Å². The summed E-state index contributed by atoms with van der Waals surface area (Å²) in [4.78, 5) is 27.6. The lowest BCUT2D eigenvalue weighted by molar-refractivity contribution is -0.136. The summed E-state index contributed by atoms with van der Waals surface area (Å²) < 4.78 is 5.08. The van der Waals surface area contributed by atoms with Gasteiger partial charge in [-0.15, -0.1) is 0 Å². The molecular weight excluding hydrogens is 294 g/mol. The molecule has 0 radical (unpaired) electrons. The van der Waals surface area contributed by atoms with Crippen molar-refractivity contribution in [2.45, 2.75) is 13.3 Å². The fourth-order valence-corrected chi connectivity index (χ4v) is 1.97. The predicted octanol–water partition coefficient (Wildman–Crippen LogP) is 1.70. The van der Waals surface area contributed by atoms with E-state index in [0.717, 1.165) is 16.9 Å². The maximum atomic E-state index is 11.8. The molecule has 6 heteroatoms. The lowest BCUT2D eigenvalue weighted by Gasteiger charge is -2.08. The number of anilines is 1. The summed E-state index contributed by atoms with van der Waals surface area (Å²) in [6.07, 6.45) is 2.19. The summed E-state index contributed by atoms with van der Waals surface area (Å²) in [6, 6.07) is 11.1. The summed E-state index contributed by atoms with van der Waals surface area (Å²) in [5, 5.41) is 5.08. The van der Waals surface area contributed by atoms with Crippen LogP contribution in [0, 0.1) is 6.92 Å². The highest BCUT2D eigenvalue weighted by Crippen LogP contribution is 2.11. The van der Waals surface area contributed by atoms with Crippen molar-refractivity contribution in [1.29, 1.82) is 0 Å². The Hall–Kier alpha value is -2.89. The maximum Gasteiger partial charge on any atom is 0.314 e. The Morgan fingerprint density at radius 1 is 1.13 bits per heavy atom. The second-order valence-electron chi connectivity index (χ2n) is 4.98. The zero-order valence-electron chi connectivity index (χ0n) is 13.1. The first kappa shape index (κ1) is 16.5. The van der Waals surface area contributed by atoms with E-state index in [1.54, 1.807) is 19.4 Å². The number of pyridine rings is 1. The van der Waals surface area contributed by atoms with E-state index in [1.165, 1.54) is 0 Å². The number of aromatic nitrogens is 1. The monoisotopic (exact) mass is 313 g/mol. The maximum absolute atomic E-state index is 11.8. The largest absolute Gasteiger partial charge is 0.497 e. The van der Waals surface area contributed by atoms with Gasteiger partial charge < -0.3 is 15.4 Å². The van der Waals surface area contributed by atoms with Gasteiger partial charge in [0, 0.05) is 12.7 Å². The molecule has 23 heavy (non-hydrogen) atoms. The van der Waals surface area contributed by atoms with Gasteiger partial charge in [-0.25, -0.2) is 4.98 Å². The summed E-state index contributed by atoms with van der Waals surface area (Å²) in [6.45, 7) is 2.18. The SMILES string of the molecule is COc1ccc(CCNC(=O)C(=O)Nc2ncccc2C)cc1. The van der Waals surface area contributed by atoms with Gasteiger partial charge in [-0.3, -0.25) is 9.59 Å². The van der Waals surface area contributed by atoms with E-state index >= 15 is 0 Å². The quantitative estimate of drug-likeness (QED) is 0.823. The summed E-state index contributed by atoms with van der Waals surface area (Å²) >= 11 is 0. The minimum atomic E-state index is -0.721. The van der Waals surface area contributed by atoms with E-state index in [-0.39, 0.29) is 0 Å². The number of carbonyl (C=O) groups excluding carboxylic acids is 2. The van der Waals surface area contributed by atoms with Gasteiger partial charge in [0.2, 0.25) is 0 Å². The molecule has 0 aliphatic carbocycles. The van der Waals surface area contributed by atoms with Gasteiger partial charge in [0.1, 0.15) is 11.6 Å². The van der Waals surface area contributed by atoms with Gasteiger partial charge in [0.05, 0.1) is 7.11 Å². The molecule has 2 aromatic rings. The number of nitrogens with zero attached hydrogens (tertiary/aromatic N) is 1. The number of benzene rings is 1. The molecule has 2 rings (SSSR count). The van der Waals surface area contributed by atoms with Crippen molar-refractivity contribution >= 4 is 17.6 Å². The van der Waals surface area contributed by atoms with Crippen LogP contribution in [0.3, 0.4) is 0 Å². The molecule has 1 aromatic heterocycles. The van der Waals surface area contributed by atoms with Gasteiger partial charge >= 0.3 is 11.8 Å². The van der Waals surface area contributed by atoms with Crippen LogP contribution >= 0.6 is 0 Å². The van der Waals surface area contributed by atoms with E-state index in [0.29, 0.717) is 18.8 Å². The van der Waals surface area contributed by atoms with Crippen LogP contribution in [-0.2, 0) is 16.0 Å². The van der Waals surface area contributed by atoms with Gasteiger partial charge in [0.25, 0.3) is 0 Å². The number of ether oxygens (including phenoxy) is 1. The van der Waals surface area contributed by atoms with E-state index in [2.05, 4.69) is 15.6 Å². The van der Waals surface area contributed by atoms with Gasteiger partial charge in [0.15, 0.2) is 0 Å². The lowest BCUT2D eigenvalue weighted by Crippen LogP contribution is -2.36. The first-order valence-electron chi connectivity index (χ1n) is 7.24. The molecule has 0 aliphatic rings. The Morgan fingerprint density at radius 3 is 2.52 bits per heavy atom. The predicted molar refractivity (Wildman–Crippen MR) is 87.3 cm³/mol. The average Bonchev–Trinajstić information content (AvgIpc) is 2.57. The van der Waals surface area contributed by atoms with Crippen molar-refractivity contribution in [2.75, 3.05) is 19.0 Å². The molecule has 0 unspecified atom stereocenters. The fraction of sp³-hybridized carbons (Fsp3) is 0.235. The first-order chi connectivity index (χ1) is 11.1. The summed E-state index contributed by atoms with van der Waals surface area (Å²) in [5.41, 5.74) is 1.85. The molecule has 0 bridgehead atoms. The van der Waals surface area contributed by atoms with E-state index in [9.17, 15) is 9.59 Å². The van der Waals surface area contributed by atoms with Crippen LogP contribution in [-0.4, -0.2) is 30.5 Å². The third-order valence-corrected chi connectivity index (χ3v) is 3.31. The number of rotatable bonds is 5. The Labute approximate surface area is 134 Å². The number of nitrogens with one attached hydrogen (secondary N) is 2. The fourth-order valence-electron chi connectivity index (χ4n) is 1.97. The minimum Gasteiger partial charge on any atom is -0.497 e. The van der Waals surface area contributed by atoms with Gasteiger partial charge in [-0.1, -0.05) is 18.2 Å². The molecule has 2 amide bonds. The highest BCUT2D eigenvalue weighted by atomic mass is 16.5. The molecule has 0 fully saturated rings. The van der Waals surface area contributed by atoms with Crippen molar-refractivity contribution in [3.05, 3.63) is 53.7 Å². The second kappa shape index (κ2) is 7.93. The van der Waals surface area contributed by atoms with Crippen LogP contribution in [0.4, 0.5) is 5.82 Å². The second-order valence-corrected chi connectivity index (χ2v) is 4.98. The molecule has 1 heterocycles. The number of methoxy groups -OCH3 is 1. The van der Waals surface area contributed by atoms with Gasteiger partial charge in [-0.05, 0) is 42.7 Å². The minimum absolute atomic E-state index is 0.375. The number of amides is 2. The number of carbonyl (C=O) groups is 2. The number of hydrogen-bond acceptors (Lipinski definition) is 4. The highest BCUT2D eigenvalue weighted by Gasteiger charge is 2.14. The average molecular weight is 313 g/mol. The zero-order valence-corrected chi connectivity index (χ0v) is 13.1. The van der Waals surface area contributed by atoms with E-state index < -0.39 is 11.8 Å². The van der Waals surface area contributed by atoms with Crippen LogP contribution in [0.15, 0.2) is 42.6 Å². The third kappa shape index (κ3) is 4.81. The smallest absolute Gasteiger partial charge is 0.314 e. The third-order valence-electron chi connectivity index (χ3n) is 3.31. The summed E-state index contributed by atoms with van der Waals surface area (Å²) in [5.74, 6) is -0.226. The Morgan fingerprint density at radius 2 is 1.87 bits per heavy atom. The van der Waals surface area contributed by atoms with Crippen LogP contribution < -0.4 is 15.4 Å². The van der Waals surface area contributed by atoms with E-state index in [1.807, 2.05) is 37.3 Å². The standard InChI is InChI=1S/C17H19N3O3/c1-12-4-3-10-18-15(12)20-17(22)16(21)19-11-9-13-5-7-14(23-2)8-6-13/h3-8,10H,9,11H2,1-2H3,(H,19,21)(H,18,20,22). The Bertz CT molecular complexity index is 684. The lowest BCUT2D eigenvalue weighted by atomic mass is 10.1. The normalized spacial score (nSPS) is 10.0. The first-order valence-corrected chi connectivity index (χ1v) is 7.24. The number of hydrogen-bond donors (Lipinski definition) is 2. The van der Waals surface area contributed by atoms with Crippen molar-refractivity contribution in [3.63, 3.8) is 0 Å². The molecule has 120 valence electrons. The molecule has 1 aromatic carbocycles. The molecule has 0 atom stereocenters. The van der Waals surface area contributed by atoms with Crippen LogP contribution in [0.5, 0.6) is 5.75 Å². The van der Waals surface area contributed by atoms with Crippen LogP contribution in [0.2, 0.25) is 0 Å². The number of aryl methyl sites for hydroxylation is 1. The Kier molecular flexibility index (Phi) is 5.68. The zero-order chi connectivity index (χ0) is 16.7. The molecular formula is C17H19N3O3. The van der Waals surface area contributed by atoms with Crippen molar-refractivity contribution < 1.29 is 14.3 Å². The molecule has 0 saturated heterocycles. The molecule has 2 N–H and O–H groups in total. The van der Waals surface area contributed by atoms with Crippen LogP contribution in [0.1, 0.15) is 11.1 Å². The molecule has 0 aliphatic heterocycles.